The number of para-hydroxylation sites is 5. The summed E-state index contributed by atoms with van der Waals surface area (Å²) in [6.07, 6.45) is 0. The van der Waals surface area contributed by atoms with Crippen molar-refractivity contribution in [1.29, 1.82) is 0 Å². The van der Waals surface area contributed by atoms with E-state index in [1.54, 1.807) is 0 Å². The molecule has 0 radical (unpaired) electrons. The number of nitrogens with zero attached hydrogens (tertiary/aromatic N) is 3. The summed E-state index contributed by atoms with van der Waals surface area (Å²) in [5.74, 6) is 2.38. The van der Waals surface area contributed by atoms with Crippen molar-refractivity contribution in [3.05, 3.63) is 140 Å². The second-order valence-corrected chi connectivity index (χ2v) is 9.86. The van der Waals surface area contributed by atoms with Gasteiger partial charge in [0, 0.05) is 22.2 Å². The van der Waals surface area contributed by atoms with E-state index >= 15 is 0 Å². The summed E-state index contributed by atoms with van der Waals surface area (Å²) in [5.41, 5.74) is 7.00. The van der Waals surface area contributed by atoms with Gasteiger partial charge in [0.1, 0.15) is 0 Å². The number of hydrogen-bond donors (Lipinski definition) is 0. The fraction of sp³-hybridized carbons (Fsp3) is 0. The maximum Gasteiger partial charge on any atom is 0.160 e. The lowest BCUT2D eigenvalue weighted by Crippen LogP contribution is -2.15. The number of anilines is 3. The molecule has 4 nitrogen and oxygen atoms in total. The molecule has 1 aromatic heterocycles. The zero-order valence-corrected chi connectivity index (χ0v) is 21.5. The van der Waals surface area contributed by atoms with E-state index in [1.165, 1.54) is 10.8 Å². The molecular weight excluding hydrogens is 490 g/mol. The van der Waals surface area contributed by atoms with Gasteiger partial charge in [-0.15, -0.1) is 0 Å². The molecule has 0 atom stereocenters. The fourth-order valence-corrected chi connectivity index (χ4v) is 5.59. The molecule has 0 fully saturated rings. The van der Waals surface area contributed by atoms with Gasteiger partial charge in [0.2, 0.25) is 0 Å². The van der Waals surface area contributed by atoms with Crippen molar-refractivity contribution >= 4 is 38.7 Å². The second-order valence-electron chi connectivity index (χ2n) is 9.86. The van der Waals surface area contributed by atoms with Crippen LogP contribution in [0.15, 0.2) is 140 Å². The summed E-state index contributed by atoms with van der Waals surface area (Å²) < 4.78 is 6.19. The van der Waals surface area contributed by atoms with E-state index in [0.717, 1.165) is 56.3 Å². The summed E-state index contributed by atoms with van der Waals surface area (Å²) in [7, 11) is 0. The minimum atomic E-state index is 0.705. The van der Waals surface area contributed by atoms with Crippen molar-refractivity contribution < 1.29 is 4.74 Å². The van der Waals surface area contributed by atoms with Gasteiger partial charge in [-0.2, -0.15) is 0 Å². The van der Waals surface area contributed by atoms with Gasteiger partial charge in [0.05, 0.1) is 22.6 Å². The first-order chi connectivity index (χ1) is 19.8. The van der Waals surface area contributed by atoms with Gasteiger partial charge < -0.3 is 9.64 Å². The molecule has 0 amide bonds. The first kappa shape index (κ1) is 22.5. The third-order valence-corrected chi connectivity index (χ3v) is 7.46. The first-order valence-electron chi connectivity index (χ1n) is 13.3. The Morgan fingerprint density at radius 3 is 1.90 bits per heavy atom. The topological polar surface area (TPSA) is 38.2 Å². The van der Waals surface area contributed by atoms with Crippen LogP contribution in [0.5, 0.6) is 11.5 Å². The van der Waals surface area contributed by atoms with Crippen molar-refractivity contribution in [3.8, 4) is 34.1 Å². The molecule has 0 saturated carbocycles. The van der Waals surface area contributed by atoms with Gasteiger partial charge in [-0.1, -0.05) is 84.9 Å². The summed E-state index contributed by atoms with van der Waals surface area (Å²) in [6.45, 7) is 0. The van der Waals surface area contributed by atoms with E-state index in [9.17, 15) is 0 Å². The summed E-state index contributed by atoms with van der Waals surface area (Å²) in [4.78, 5) is 12.4. The van der Waals surface area contributed by atoms with E-state index in [1.807, 2.05) is 48.5 Å². The number of rotatable bonds is 3. The number of benzene rings is 6. The Balaban J connectivity index is 1.26. The maximum atomic E-state index is 6.19. The van der Waals surface area contributed by atoms with Crippen LogP contribution < -0.4 is 9.64 Å². The quantitative estimate of drug-likeness (QED) is 0.236. The van der Waals surface area contributed by atoms with E-state index < -0.39 is 0 Å². The van der Waals surface area contributed by atoms with E-state index in [0.29, 0.717) is 5.82 Å². The Labute approximate surface area is 231 Å². The van der Waals surface area contributed by atoms with E-state index in [4.69, 9.17) is 14.7 Å². The smallest absolute Gasteiger partial charge is 0.160 e. The largest absolute Gasteiger partial charge is 0.453 e. The highest BCUT2D eigenvalue weighted by molar-refractivity contribution is 6.03. The highest BCUT2D eigenvalue weighted by atomic mass is 16.5. The molecule has 0 saturated heterocycles. The predicted octanol–water partition coefficient (Wildman–Crippen LogP) is 9.69. The van der Waals surface area contributed by atoms with Crippen LogP contribution in [0.3, 0.4) is 0 Å². The van der Waals surface area contributed by atoms with Crippen LogP contribution in [-0.4, -0.2) is 9.97 Å². The van der Waals surface area contributed by atoms with Crippen LogP contribution in [-0.2, 0) is 0 Å². The summed E-state index contributed by atoms with van der Waals surface area (Å²) in [5, 5.41) is 3.42. The predicted molar refractivity (Wildman–Crippen MR) is 163 cm³/mol. The third kappa shape index (κ3) is 3.62. The first-order valence-corrected chi connectivity index (χ1v) is 13.3. The van der Waals surface area contributed by atoms with Crippen LogP contribution in [0.4, 0.5) is 17.1 Å². The van der Waals surface area contributed by atoms with Crippen LogP contribution in [0.1, 0.15) is 0 Å². The molecule has 6 aromatic carbocycles. The van der Waals surface area contributed by atoms with Crippen LogP contribution in [0.2, 0.25) is 0 Å². The molecule has 4 heteroatoms. The van der Waals surface area contributed by atoms with Gasteiger partial charge in [0.25, 0.3) is 0 Å². The Kier molecular flexibility index (Phi) is 5.10. The van der Waals surface area contributed by atoms with Gasteiger partial charge in [-0.05, 0) is 65.4 Å². The Morgan fingerprint density at radius 1 is 0.500 bits per heavy atom. The normalized spacial score (nSPS) is 12.2. The molecule has 7 aromatic rings. The monoisotopic (exact) mass is 513 g/mol. The molecular formula is C36H23N3O. The molecule has 40 heavy (non-hydrogen) atoms. The zero-order valence-electron chi connectivity index (χ0n) is 21.5. The Bertz CT molecular complexity index is 2000. The SMILES string of the molecule is c1ccc2c(c1)Oc1ccccc1N2c1ccc(-c2nc(-c3cccc4ccccc34)c3ccccc3n2)cc1. The Hall–Kier alpha value is -5.48. The average molecular weight is 514 g/mol. The number of hydrogen-bond acceptors (Lipinski definition) is 4. The molecule has 0 spiro atoms. The summed E-state index contributed by atoms with van der Waals surface area (Å²) >= 11 is 0. The minimum absolute atomic E-state index is 0.705. The molecule has 2 heterocycles. The second kappa shape index (κ2) is 9.07. The van der Waals surface area contributed by atoms with Gasteiger partial charge in [-0.3, -0.25) is 0 Å². The van der Waals surface area contributed by atoms with Crippen LogP contribution in [0.25, 0.3) is 44.3 Å². The lowest BCUT2D eigenvalue weighted by molar-refractivity contribution is 0.477. The minimum Gasteiger partial charge on any atom is -0.453 e. The van der Waals surface area contributed by atoms with E-state index in [2.05, 4.69) is 95.9 Å². The van der Waals surface area contributed by atoms with E-state index in [-0.39, 0.29) is 0 Å². The fourth-order valence-electron chi connectivity index (χ4n) is 5.59. The van der Waals surface area contributed by atoms with Gasteiger partial charge in [-0.25, -0.2) is 9.97 Å². The summed E-state index contributed by atoms with van der Waals surface area (Å²) in [6, 6.07) is 47.8. The van der Waals surface area contributed by atoms with Gasteiger partial charge >= 0.3 is 0 Å². The third-order valence-electron chi connectivity index (χ3n) is 7.46. The molecule has 188 valence electrons. The average Bonchev–Trinajstić information content (AvgIpc) is 3.03. The lowest BCUT2D eigenvalue weighted by atomic mass is 9.99. The number of ether oxygens (including phenoxy) is 1. The van der Waals surface area contributed by atoms with Crippen molar-refractivity contribution in [2.45, 2.75) is 0 Å². The number of aromatic nitrogens is 2. The molecule has 1 aliphatic rings. The Morgan fingerprint density at radius 2 is 1.12 bits per heavy atom. The molecule has 0 unspecified atom stereocenters. The highest BCUT2D eigenvalue weighted by Gasteiger charge is 2.25. The number of fused-ring (bicyclic) bond motifs is 4. The van der Waals surface area contributed by atoms with Crippen molar-refractivity contribution in [2.24, 2.45) is 0 Å². The van der Waals surface area contributed by atoms with Crippen molar-refractivity contribution in [3.63, 3.8) is 0 Å². The lowest BCUT2D eigenvalue weighted by Gasteiger charge is -2.32. The standard InChI is InChI=1S/C36H23N3O/c1-2-12-27-24(10-1)11-9-14-28(27)35-29-13-3-4-15-30(29)37-36(38-35)25-20-22-26(23-21-25)39-31-16-5-7-18-33(31)40-34-19-8-6-17-32(34)39/h1-23H. The zero-order chi connectivity index (χ0) is 26.5. The molecule has 0 N–H and O–H groups in total. The molecule has 0 aliphatic carbocycles. The highest BCUT2D eigenvalue weighted by Crippen LogP contribution is 2.50. The maximum absolute atomic E-state index is 6.19. The molecule has 0 bridgehead atoms. The van der Waals surface area contributed by atoms with Crippen LogP contribution in [0, 0.1) is 0 Å². The molecule has 1 aliphatic heterocycles. The van der Waals surface area contributed by atoms with Crippen LogP contribution >= 0.6 is 0 Å². The molecule has 8 rings (SSSR count). The van der Waals surface area contributed by atoms with Crippen molar-refractivity contribution in [1.82, 2.24) is 9.97 Å². The van der Waals surface area contributed by atoms with Crippen molar-refractivity contribution in [2.75, 3.05) is 4.90 Å². The van der Waals surface area contributed by atoms with Gasteiger partial charge in [0.15, 0.2) is 17.3 Å².